The van der Waals surface area contributed by atoms with E-state index < -0.39 is 0 Å². The Hall–Kier alpha value is -0.720. The number of aliphatic hydroxyl groups is 2. The molecule has 0 aliphatic heterocycles. The van der Waals surface area contributed by atoms with Crippen molar-refractivity contribution in [2.24, 2.45) is 11.8 Å². The van der Waals surface area contributed by atoms with Gasteiger partial charge in [-0.3, -0.25) is 0 Å². The first kappa shape index (κ1) is 27.3. The van der Waals surface area contributed by atoms with Crippen LogP contribution in [0.25, 0.3) is 0 Å². The lowest BCUT2D eigenvalue weighted by molar-refractivity contribution is -0.00396. The smallest absolute Gasteiger partial charge is 0.0826 e. The van der Waals surface area contributed by atoms with Crippen LogP contribution in [-0.4, -0.2) is 62.6 Å². The minimum atomic E-state index is -0.347. The van der Waals surface area contributed by atoms with Gasteiger partial charge >= 0.3 is 0 Å². The summed E-state index contributed by atoms with van der Waals surface area (Å²) in [6, 6.07) is 0. The van der Waals surface area contributed by atoms with E-state index >= 15 is 0 Å². The standard InChI is InChI=1S/C23H44O5/c1-8-23(28-7)19(4)12-13-22(25)18(3)11-9-10-17(2)14-20(26-5)15-21(16-24)27-6/h9-11,18-25H,8,12-16H2,1-7H3/b11-9+,17-10+. The van der Waals surface area contributed by atoms with Gasteiger partial charge in [-0.05, 0) is 38.5 Å². The number of hydrogen-bond donors (Lipinski definition) is 2. The van der Waals surface area contributed by atoms with Crippen LogP contribution < -0.4 is 0 Å². The van der Waals surface area contributed by atoms with Crippen LogP contribution in [0.5, 0.6) is 0 Å². The molecule has 28 heavy (non-hydrogen) atoms. The molecule has 0 aromatic heterocycles. The Kier molecular flexibility index (Phi) is 15.7. The van der Waals surface area contributed by atoms with E-state index in [1.165, 1.54) is 5.57 Å². The number of aliphatic hydroxyl groups excluding tert-OH is 2. The molecule has 0 fully saturated rings. The maximum absolute atomic E-state index is 10.4. The van der Waals surface area contributed by atoms with Crippen LogP contribution in [0.3, 0.4) is 0 Å². The molecule has 6 atom stereocenters. The molecule has 2 N–H and O–H groups in total. The number of hydrogen-bond acceptors (Lipinski definition) is 5. The molecule has 0 rings (SSSR count). The highest BCUT2D eigenvalue weighted by Gasteiger charge is 2.18. The van der Waals surface area contributed by atoms with Gasteiger partial charge in [0.1, 0.15) is 0 Å². The molecule has 166 valence electrons. The average molecular weight is 401 g/mol. The van der Waals surface area contributed by atoms with Crippen molar-refractivity contribution in [2.75, 3.05) is 27.9 Å². The van der Waals surface area contributed by atoms with Crippen molar-refractivity contribution in [3.05, 3.63) is 23.8 Å². The van der Waals surface area contributed by atoms with Gasteiger partial charge in [0.05, 0.1) is 31.0 Å². The lowest BCUT2D eigenvalue weighted by Gasteiger charge is -2.23. The fourth-order valence-corrected chi connectivity index (χ4v) is 3.44. The van der Waals surface area contributed by atoms with Crippen molar-refractivity contribution in [2.45, 2.75) is 84.2 Å². The minimum Gasteiger partial charge on any atom is -0.394 e. The topological polar surface area (TPSA) is 68.2 Å². The number of methoxy groups -OCH3 is 3. The quantitative estimate of drug-likeness (QED) is 0.381. The van der Waals surface area contributed by atoms with Crippen LogP contribution >= 0.6 is 0 Å². The maximum Gasteiger partial charge on any atom is 0.0826 e. The number of rotatable bonds is 16. The van der Waals surface area contributed by atoms with Crippen molar-refractivity contribution in [1.82, 2.24) is 0 Å². The molecule has 0 radical (unpaired) electrons. The Labute approximate surface area is 172 Å². The van der Waals surface area contributed by atoms with E-state index in [0.717, 1.165) is 25.7 Å². The lowest BCUT2D eigenvalue weighted by atomic mass is 9.91. The summed E-state index contributed by atoms with van der Waals surface area (Å²) < 4.78 is 16.2. The molecule has 5 heteroatoms. The first-order valence-corrected chi connectivity index (χ1v) is 10.5. The third-order valence-electron chi connectivity index (χ3n) is 5.61. The second-order valence-corrected chi connectivity index (χ2v) is 7.90. The van der Waals surface area contributed by atoms with Crippen molar-refractivity contribution in [3.63, 3.8) is 0 Å². The van der Waals surface area contributed by atoms with E-state index in [4.69, 9.17) is 14.2 Å². The molecule has 0 aliphatic carbocycles. The molecule has 0 amide bonds. The van der Waals surface area contributed by atoms with Crippen LogP contribution in [0.1, 0.15) is 59.8 Å². The van der Waals surface area contributed by atoms with E-state index in [0.29, 0.717) is 12.3 Å². The predicted octanol–water partition coefficient (Wildman–Crippen LogP) is 4.13. The summed E-state index contributed by atoms with van der Waals surface area (Å²) in [4.78, 5) is 0. The van der Waals surface area contributed by atoms with Gasteiger partial charge in [0.25, 0.3) is 0 Å². The van der Waals surface area contributed by atoms with Gasteiger partial charge in [-0.1, -0.05) is 44.6 Å². The maximum atomic E-state index is 10.4. The summed E-state index contributed by atoms with van der Waals surface area (Å²) in [6.07, 6.45) is 10.0. The highest BCUT2D eigenvalue weighted by atomic mass is 16.5. The Bertz CT molecular complexity index is 427. The Morgan fingerprint density at radius 3 is 2.14 bits per heavy atom. The van der Waals surface area contributed by atoms with Crippen LogP contribution in [-0.2, 0) is 14.2 Å². The van der Waals surface area contributed by atoms with Crippen molar-refractivity contribution in [1.29, 1.82) is 0 Å². The third kappa shape index (κ3) is 11.3. The van der Waals surface area contributed by atoms with Crippen molar-refractivity contribution >= 4 is 0 Å². The molecule has 0 saturated carbocycles. The average Bonchev–Trinajstić information content (AvgIpc) is 2.69. The highest BCUT2D eigenvalue weighted by Crippen LogP contribution is 2.20. The molecule has 0 saturated heterocycles. The Morgan fingerprint density at radius 2 is 1.64 bits per heavy atom. The van der Waals surface area contributed by atoms with Gasteiger partial charge in [-0.25, -0.2) is 0 Å². The molecule has 0 bridgehead atoms. The molecule has 0 heterocycles. The van der Waals surface area contributed by atoms with Gasteiger partial charge in [0, 0.05) is 33.7 Å². The van der Waals surface area contributed by atoms with Gasteiger partial charge in [0.15, 0.2) is 0 Å². The van der Waals surface area contributed by atoms with Gasteiger partial charge < -0.3 is 24.4 Å². The van der Waals surface area contributed by atoms with Crippen molar-refractivity contribution in [3.8, 4) is 0 Å². The molecule has 0 spiro atoms. The minimum absolute atomic E-state index is 0.00354. The lowest BCUT2D eigenvalue weighted by Crippen LogP contribution is -2.24. The zero-order chi connectivity index (χ0) is 21.5. The van der Waals surface area contributed by atoms with E-state index in [1.807, 2.05) is 13.0 Å². The van der Waals surface area contributed by atoms with Gasteiger partial charge in [0.2, 0.25) is 0 Å². The molecular weight excluding hydrogens is 356 g/mol. The van der Waals surface area contributed by atoms with Gasteiger partial charge in [-0.15, -0.1) is 0 Å². The summed E-state index contributed by atoms with van der Waals surface area (Å²) in [6.45, 7) is 8.43. The molecule has 5 nitrogen and oxygen atoms in total. The summed E-state index contributed by atoms with van der Waals surface area (Å²) in [7, 11) is 5.04. The summed E-state index contributed by atoms with van der Waals surface area (Å²) >= 11 is 0. The largest absolute Gasteiger partial charge is 0.394 e. The second kappa shape index (κ2) is 16.1. The Morgan fingerprint density at radius 1 is 1.00 bits per heavy atom. The summed E-state index contributed by atoms with van der Waals surface area (Å²) in [5, 5.41) is 19.7. The summed E-state index contributed by atoms with van der Waals surface area (Å²) in [5.41, 5.74) is 1.19. The molecule has 6 unspecified atom stereocenters. The van der Waals surface area contributed by atoms with E-state index in [9.17, 15) is 10.2 Å². The molecule has 0 aromatic carbocycles. The zero-order valence-corrected chi connectivity index (χ0v) is 19.1. The normalized spacial score (nSPS) is 19.4. The third-order valence-corrected chi connectivity index (χ3v) is 5.61. The highest BCUT2D eigenvalue weighted by molar-refractivity contribution is 5.12. The van der Waals surface area contributed by atoms with Crippen LogP contribution in [0, 0.1) is 11.8 Å². The summed E-state index contributed by atoms with van der Waals surface area (Å²) in [5.74, 6) is 0.549. The fourth-order valence-electron chi connectivity index (χ4n) is 3.44. The Balaban J connectivity index is 4.48. The number of ether oxygens (including phenoxy) is 3. The van der Waals surface area contributed by atoms with Gasteiger partial charge in [-0.2, -0.15) is 0 Å². The van der Waals surface area contributed by atoms with Crippen LogP contribution in [0.15, 0.2) is 23.8 Å². The van der Waals surface area contributed by atoms with E-state index in [1.54, 1.807) is 21.3 Å². The van der Waals surface area contributed by atoms with Crippen LogP contribution in [0.2, 0.25) is 0 Å². The van der Waals surface area contributed by atoms with E-state index in [2.05, 4.69) is 32.9 Å². The van der Waals surface area contributed by atoms with E-state index in [-0.39, 0.29) is 36.9 Å². The second-order valence-electron chi connectivity index (χ2n) is 7.90. The molecule has 0 aromatic rings. The first-order valence-electron chi connectivity index (χ1n) is 10.5. The molecular formula is C23H44O5. The first-order chi connectivity index (χ1) is 13.3. The molecule has 0 aliphatic rings. The number of allylic oxidation sites excluding steroid dienone is 2. The van der Waals surface area contributed by atoms with Crippen LogP contribution in [0.4, 0.5) is 0 Å². The SMILES string of the molecule is CCC(OC)C(C)CCC(O)C(C)/C=C/C=C(\C)CC(CC(CO)OC)OC. The predicted molar refractivity (Wildman–Crippen MR) is 115 cm³/mol. The zero-order valence-electron chi connectivity index (χ0n) is 19.1. The monoisotopic (exact) mass is 400 g/mol. The fraction of sp³-hybridized carbons (Fsp3) is 0.826. The van der Waals surface area contributed by atoms with Crippen molar-refractivity contribution < 1.29 is 24.4 Å².